The minimum atomic E-state index is -1.45. The predicted molar refractivity (Wildman–Crippen MR) is 68.5 cm³/mol. The van der Waals surface area contributed by atoms with E-state index in [0.717, 1.165) is 12.8 Å². The maximum absolute atomic E-state index is 13.9. The number of fused-ring (bicyclic) bond motifs is 2. The Balaban J connectivity index is 2.03. The van der Waals surface area contributed by atoms with E-state index in [0.29, 0.717) is 6.42 Å². The number of piperidine rings is 2. The van der Waals surface area contributed by atoms with E-state index in [4.69, 9.17) is 4.74 Å². The van der Waals surface area contributed by atoms with Crippen LogP contribution < -0.4 is 0 Å². The van der Waals surface area contributed by atoms with Gasteiger partial charge >= 0.3 is 5.97 Å². The van der Waals surface area contributed by atoms with E-state index >= 15 is 0 Å². The van der Waals surface area contributed by atoms with E-state index in [9.17, 15) is 14.0 Å². The van der Waals surface area contributed by atoms with Crippen molar-refractivity contribution in [3.05, 3.63) is 0 Å². The van der Waals surface area contributed by atoms with Gasteiger partial charge in [0, 0.05) is 18.5 Å². The molecular weight excluding hydrogens is 249 g/mol. The summed E-state index contributed by atoms with van der Waals surface area (Å²) in [5, 5.41) is 0. The molecule has 2 saturated heterocycles. The van der Waals surface area contributed by atoms with Crippen LogP contribution >= 0.6 is 0 Å². The highest BCUT2D eigenvalue weighted by Crippen LogP contribution is 2.33. The molecule has 0 aromatic carbocycles. The Morgan fingerprint density at radius 1 is 1.42 bits per heavy atom. The maximum Gasteiger partial charge on any atom is 0.320 e. The molecule has 2 aliphatic rings. The molecule has 0 aromatic heterocycles. The summed E-state index contributed by atoms with van der Waals surface area (Å²) in [7, 11) is 0. The Bertz CT molecular complexity index is 377. The molecule has 0 amide bonds. The second-order valence-electron chi connectivity index (χ2n) is 6.48. The summed E-state index contributed by atoms with van der Waals surface area (Å²) in [5.41, 5.74) is -0.535. The van der Waals surface area contributed by atoms with Gasteiger partial charge in [0.05, 0.1) is 6.54 Å². The van der Waals surface area contributed by atoms with E-state index in [2.05, 4.69) is 0 Å². The molecule has 19 heavy (non-hydrogen) atoms. The van der Waals surface area contributed by atoms with Crippen LogP contribution in [0.3, 0.4) is 0 Å². The lowest BCUT2D eigenvalue weighted by atomic mass is 9.82. The molecule has 2 rings (SSSR count). The van der Waals surface area contributed by atoms with Crippen molar-refractivity contribution >= 4 is 11.8 Å². The number of halogens is 1. The van der Waals surface area contributed by atoms with Crippen molar-refractivity contribution in [1.29, 1.82) is 0 Å². The molecule has 2 bridgehead atoms. The standard InChI is InChI=1S/C14H22FNO3/c1-14(2,3)19-12(18)8-16-9-5-4-6-10(16)13(15)11(17)7-9/h9-10,13H,4-8H2,1-3H3. The van der Waals surface area contributed by atoms with Crippen LogP contribution in [0.25, 0.3) is 0 Å². The van der Waals surface area contributed by atoms with Crippen molar-refractivity contribution in [2.45, 2.75) is 70.3 Å². The van der Waals surface area contributed by atoms with E-state index in [1.807, 2.05) is 25.7 Å². The number of carbonyl (C=O) groups excluding carboxylic acids is 2. The Labute approximate surface area is 113 Å². The second-order valence-corrected chi connectivity index (χ2v) is 6.48. The Morgan fingerprint density at radius 2 is 2.11 bits per heavy atom. The van der Waals surface area contributed by atoms with Gasteiger partial charge in [0.15, 0.2) is 12.0 Å². The minimum absolute atomic E-state index is 0.00534. The first-order valence-corrected chi connectivity index (χ1v) is 6.92. The number of nitrogens with zero attached hydrogens (tertiary/aromatic N) is 1. The molecule has 0 aliphatic carbocycles. The van der Waals surface area contributed by atoms with Gasteiger partial charge in [-0.25, -0.2) is 4.39 Å². The molecule has 3 atom stereocenters. The van der Waals surface area contributed by atoms with E-state index in [1.165, 1.54) is 0 Å². The number of ether oxygens (including phenoxy) is 1. The molecule has 0 spiro atoms. The van der Waals surface area contributed by atoms with Gasteiger partial charge in [0.25, 0.3) is 0 Å². The molecule has 2 fully saturated rings. The second kappa shape index (κ2) is 5.19. The molecule has 2 aliphatic heterocycles. The average molecular weight is 271 g/mol. The van der Waals surface area contributed by atoms with Crippen molar-refractivity contribution in [2.75, 3.05) is 6.54 Å². The van der Waals surface area contributed by atoms with Gasteiger partial charge in [0.1, 0.15) is 5.60 Å². The summed E-state index contributed by atoms with van der Waals surface area (Å²) in [6.07, 6.45) is 1.21. The first kappa shape index (κ1) is 14.4. The average Bonchev–Trinajstić information content (AvgIpc) is 2.25. The largest absolute Gasteiger partial charge is 0.459 e. The van der Waals surface area contributed by atoms with Crippen LogP contribution in [0.5, 0.6) is 0 Å². The van der Waals surface area contributed by atoms with Crippen molar-refractivity contribution in [2.24, 2.45) is 0 Å². The molecule has 0 radical (unpaired) electrons. The Hall–Kier alpha value is -0.970. The van der Waals surface area contributed by atoms with Crippen LogP contribution in [0.2, 0.25) is 0 Å². The third-order valence-corrected chi connectivity index (χ3v) is 3.75. The number of hydrogen-bond donors (Lipinski definition) is 0. The SMILES string of the molecule is CC(C)(C)OC(=O)CN1C2CCCC1C(F)C(=O)C2. The maximum atomic E-state index is 13.9. The van der Waals surface area contributed by atoms with Crippen LogP contribution in [0, 0.1) is 0 Å². The molecule has 0 saturated carbocycles. The smallest absolute Gasteiger partial charge is 0.320 e. The zero-order valence-corrected chi connectivity index (χ0v) is 11.8. The number of carbonyl (C=O) groups is 2. The molecule has 4 nitrogen and oxygen atoms in total. The normalized spacial score (nSPS) is 32.2. The van der Waals surface area contributed by atoms with Crippen molar-refractivity contribution in [1.82, 2.24) is 4.90 Å². The van der Waals surface area contributed by atoms with Gasteiger partial charge in [-0.2, -0.15) is 0 Å². The van der Waals surface area contributed by atoms with Crippen molar-refractivity contribution in [3.63, 3.8) is 0 Å². The summed E-state index contributed by atoms with van der Waals surface area (Å²) in [4.78, 5) is 25.3. The molecule has 0 aromatic rings. The highest BCUT2D eigenvalue weighted by atomic mass is 19.1. The minimum Gasteiger partial charge on any atom is -0.459 e. The third kappa shape index (κ3) is 3.32. The van der Waals surface area contributed by atoms with Gasteiger partial charge in [-0.05, 0) is 33.6 Å². The summed E-state index contributed by atoms with van der Waals surface area (Å²) in [5.74, 6) is -0.652. The van der Waals surface area contributed by atoms with Gasteiger partial charge in [-0.1, -0.05) is 6.42 Å². The first-order valence-electron chi connectivity index (χ1n) is 6.92. The van der Waals surface area contributed by atoms with Crippen LogP contribution in [-0.4, -0.2) is 47.1 Å². The lowest BCUT2D eigenvalue weighted by Crippen LogP contribution is -2.59. The fourth-order valence-electron chi connectivity index (χ4n) is 3.03. The quantitative estimate of drug-likeness (QED) is 0.719. The molecule has 5 heteroatoms. The lowest BCUT2D eigenvalue weighted by molar-refractivity contribution is -0.161. The van der Waals surface area contributed by atoms with E-state index < -0.39 is 17.8 Å². The third-order valence-electron chi connectivity index (χ3n) is 3.75. The Kier molecular flexibility index (Phi) is 3.95. The fraction of sp³-hybridized carbons (Fsp3) is 0.857. The number of esters is 1. The van der Waals surface area contributed by atoms with Gasteiger partial charge in [0.2, 0.25) is 0 Å². The summed E-state index contributed by atoms with van der Waals surface area (Å²) < 4.78 is 19.2. The Morgan fingerprint density at radius 3 is 2.74 bits per heavy atom. The van der Waals surface area contributed by atoms with E-state index in [-0.39, 0.29) is 30.8 Å². The summed E-state index contributed by atoms with van der Waals surface area (Å²) in [6.45, 7) is 5.51. The highest BCUT2D eigenvalue weighted by molar-refractivity contribution is 5.85. The molecule has 108 valence electrons. The van der Waals surface area contributed by atoms with E-state index in [1.54, 1.807) is 0 Å². The number of Topliss-reactive ketones (excluding diaryl/α,β-unsaturated/α-hetero) is 1. The topological polar surface area (TPSA) is 46.6 Å². The predicted octanol–water partition coefficient (Wildman–Crippen LogP) is 1.86. The number of ketones is 1. The summed E-state index contributed by atoms with van der Waals surface area (Å²) in [6, 6.07) is -0.432. The van der Waals surface area contributed by atoms with Crippen LogP contribution in [-0.2, 0) is 14.3 Å². The van der Waals surface area contributed by atoms with Gasteiger partial charge < -0.3 is 4.74 Å². The lowest BCUT2D eigenvalue weighted by Gasteiger charge is -2.46. The van der Waals surface area contributed by atoms with Crippen molar-refractivity contribution < 1.29 is 18.7 Å². The first-order chi connectivity index (χ1) is 8.78. The monoisotopic (exact) mass is 271 g/mol. The number of rotatable bonds is 2. The summed E-state index contributed by atoms with van der Waals surface area (Å²) >= 11 is 0. The molecule has 2 heterocycles. The van der Waals surface area contributed by atoms with Crippen LogP contribution in [0.1, 0.15) is 46.5 Å². The zero-order chi connectivity index (χ0) is 14.2. The zero-order valence-electron chi connectivity index (χ0n) is 11.8. The van der Waals surface area contributed by atoms with Crippen LogP contribution in [0.15, 0.2) is 0 Å². The highest BCUT2D eigenvalue weighted by Gasteiger charge is 2.45. The fourth-order valence-corrected chi connectivity index (χ4v) is 3.03. The van der Waals surface area contributed by atoms with Gasteiger partial charge in [-0.15, -0.1) is 0 Å². The van der Waals surface area contributed by atoms with Crippen molar-refractivity contribution in [3.8, 4) is 0 Å². The molecular formula is C14H22FNO3. The molecule has 0 N–H and O–H groups in total. The van der Waals surface area contributed by atoms with Gasteiger partial charge in [-0.3, -0.25) is 14.5 Å². The van der Waals surface area contributed by atoms with Crippen LogP contribution in [0.4, 0.5) is 4.39 Å². The molecule has 3 unspecified atom stereocenters. The number of alkyl halides is 1. The number of hydrogen-bond acceptors (Lipinski definition) is 4.